The molecule has 0 aromatic heterocycles. The number of halogens is 1. The molecule has 0 aromatic carbocycles. The second-order valence-corrected chi connectivity index (χ2v) is 6.08. The molecule has 1 rings (SSSR count). The molecule has 0 bridgehead atoms. The highest BCUT2D eigenvalue weighted by Gasteiger charge is 2.29. The smallest absolute Gasteiger partial charge is 0.0906 e. The van der Waals surface area contributed by atoms with Crippen LogP contribution in [0.25, 0.3) is 0 Å². The van der Waals surface area contributed by atoms with Crippen LogP contribution >= 0.6 is 0 Å². The third kappa shape index (κ3) is 4.92. The molecule has 2 nitrogen and oxygen atoms in total. The summed E-state index contributed by atoms with van der Waals surface area (Å²) in [6.45, 7) is 11.9. The molecule has 0 aromatic rings. The zero-order valence-corrected chi connectivity index (χ0v) is 11.9. The van der Waals surface area contributed by atoms with Gasteiger partial charge in [0, 0.05) is 31.7 Å². The van der Waals surface area contributed by atoms with Crippen LogP contribution in [0.1, 0.15) is 40.5 Å². The zero-order valence-electron chi connectivity index (χ0n) is 11.9. The van der Waals surface area contributed by atoms with Gasteiger partial charge in [-0.3, -0.25) is 9.29 Å². The fourth-order valence-electron chi connectivity index (χ4n) is 2.64. The van der Waals surface area contributed by atoms with Crippen molar-refractivity contribution >= 4 is 0 Å². The van der Waals surface area contributed by atoms with Crippen LogP contribution in [-0.2, 0) is 0 Å². The van der Waals surface area contributed by atoms with Crippen LogP contribution in [0, 0.1) is 11.8 Å². The summed E-state index contributed by atoms with van der Waals surface area (Å²) >= 11 is 0. The summed E-state index contributed by atoms with van der Waals surface area (Å²) < 4.78 is 12.4. The van der Waals surface area contributed by atoms with Crippen molar-refractivity contribution in [2.24, 2.45) is 11.8 Å². The van der Waals surface area contributed by atoms with Gasteiger partial charge in [0.25, 0.3) is 0 Å². The fraction of sp³-hybridized carbons (Fsp3) is 1.00. The molecule has 0 amide bonds. The van der Waals surface area contributed by atoms with Gasteiger partial charge >= 0.3 is 0 Å². The number of nitrogens with one attached hydrogen (secondary N) is 1. The first kappa shape index (κ1) is 14.9. The normalized spacial score (nSPS) is 27.0. The van der Waals surface area contributed by atoms with E-state index in [9.17, 15) is 4.39 Å². The predicted molar refractivity (Wildman–Crippen MR) is 72.0 cm³/mol. The number of nitrogens with zero attached hydrogens (tertiary/aromatic N) is 1. The van der Waals surface area contributed by atoms with Gasteiger partial charge in [-0.1, -0.05) is 27.7 Å². The minimum atomic E-state index is -0.190. The monoisotopic (exact) mass is 244 g/mol. The van der Waals surface area contributed by atoms with Crippen molar-refractivity contribution in [2.45, 2.75) is 52.6 Å². The van der Waals surface area contributed by atoms with Crippen molar-refractivity contribution < 1.29 is 4.39 Å². The molecule has 3 heteroatoms. The number of rotatable bonds is 6. The molecule has 1 saturated heterocycles. The topological polar surface area (TPSA) is 15.3 Å². The van der Waals surface area contributed by atoms with Gasteiger partial charge in [-0.15, -0.1) is 0 Å². The Kier molecular flexibility index (Phi) is 6.42. The van der Waals surface area contributed by atoms with E-state index < -0.39 is 0 Å². The van der Waals surface area contributed by atoms with Crippen molar-refractivity contribution in [3.8, 4) is 0 Å². The lowest BCUT2D eigenvalue weighted by Crippen LogP contribution is -2.58. The van der Waals surface area contributed by atoms with E-state index in [1.54, 1.807) is 0 Å². The van der Waals surface area contributed by atoms with Crippen LogP contribution in [0.5, 0.6) is 0 Å². The van der Waals surface area contributed by atoms with E-state index in [1.807, 2.05) is 0 Å². The van der Waals surface area contributed by atoms with Crippen LogP contribution in [0.3, 0.4) is 0 Å². The van der Waals surface area contributed by atoms with E-state index in [-0.39, 0.29) is 6.67 Å². The number of piperazine rings is 1. The Morgan fingerprint density at radius 1 is 1.29 bits per heavy atom. The molecule has 0 spiro atoms. The van der Waals surface area contributed by atoms with Gasteiger partial charge in [-0.25, -0.2) is 0 Å². The zero-order chi connectivity index (χ0) is 12.8. The van der Waals surface area contributed by atoms with Crippen LogP contribution < -0.4 is 5.32 Å². The van der Waals surface area contributed by atoms with E-state index in [0.717, 1.165) is 19.6 Å². The molecule has 1 N–H and O–H groups in total. The first-order valence-electron chi connectivity index (χ1n) is 7.08. The third-order valence-electron chi connectivity index (χ3n) is 3.69. The van der Waals surface area contributed by atoms with Crippen LogP contribution in [0.4, 0.5) is 4.39 Å². The Bertz CT molecular complexity index is 206. The number of hydrogen-bond acceptors (Lipinski definition) is 2. The summed E-state index contributed by atoms with van der Waals surface area (Å²) in [6, 6.07) is 1.16. The molecule has 0 saturated carbocycles. The summed E-state index contributed by atoms with van der Waals surface area (Å²) in [6.07, 6.45) is 1.89. The number of hydrogen-bond donors (Lipinski definition) is 1. The Balaban J connectivity index is 2.52. The van der Waals surface area contributed by atoms with Gasteiger partial charge in [0.2, 0.25) is 0 Å². The second-order valence-electron chi connectivity index (χ2n) is 6.08. The molecule has 0 aliphatic carbocycles. The van der Waals surface area contributed by atoms with Crippen molar-refractivity contribution in [2.75, 3.05) is 26.3 Å². The molecule has 1 heterocycles. The molecule has 0 radical (unpaired) electrons. The molecular formula is C14H29FN2. The van der Waals surface area contributed by atoms with E-state index in [2.05, 4.69) is 37.9 Å². The van der Waals surface area contributed by atoms with E-state index in [4.69, 9.17) is 0 Å². The maximum Gasteiger partial charge on any atom is 0.0906 e. The Labute approximate surface area is 106 Å². The lowest BCUT2D eigenvalue weighted by Gasteiger charge is -2.42. The standard InChI is InChI=1S/C14H29FN2/c1-11(2)8-13-9-16-14(12(3)4)10-17(13)7-5-6-15/h11-14,16H,5-10H2,1-4H3. The summed E-state index contributed by atoms with van der Waals surface area (Å²) in [4.78, 5) is 2.50. The van der Waals surface area contributed by atoms with Gasteiger partial charge in [-0.2, -0.15) is 0 Å². The second kappa shape index (κ2) is 7.32. The minimum Gasteiger partial charge on any atom is -0.311 e. The van der Waals surface area contributed by atoms with E-state index in [1.165, 1.54) is 6.42 Å². The quantitative estimate of drug-likeness (QED) is 0.773. The summed E-state index contributed by atoms with van der Waals surface area (Å²) in [5.74, 6) is 1.37. The highest BCUT2D eigenvalue weighted by molar-refractivity contribution is 4.87. The predicted octanol–water partition coefficient (Wildman–Crippen LogP) is 2.69. The van der Waals surface area contributed by atoms with Crippen molar-refractivity contribution in [3.05, 3.63) is 0 Å². The van der Waals surface area contributed by atoms with Gasteiger partial charge in [0.15, 0.2) is 0 Å². The van der Waals surface area contributed by atoms with Gasteiger partial charge in [-0.05, 0) is 24.7 Å². The van der Waals surface area contributed by atoms with Crippen LogP contribution in [0.2, 0.25) is 0 Å². The van der Waals surface area contributed by atoms with Crippen molar-refractivity contribution in [1.29, 1.82) is 0 Å². The molecule has 2 unspecified atom stereocenters. The highest BCUT2D eigenvalue weighted by Crippen LogP contribution is 2.18. The average molecular weight is 244 g/mol. The first-order valence-corrected chi connectivity index (χ1v) is 7.08. The SMILES string of the molecule is CC(C)CC1CNC(C(C)C)CN1CCCF. The maximum absolute atomic E-state index is 12.4. The van der Waals surface area contributed by atoms with Crippen molar-refractivity contribution in [1.82, 2.24) is 10.2 Å². The van der Waals surface area contributed by atoms with Crippen molar-refractivity contribution in [3.63, 3.8) is 0 Å². The van der Waals surface area contributed by atoms with Gasteiger partial charge < -0.3 is 5.32 Å². The Morgan fingerprint density at radius 3 is 2.53 bits per heavy atom. The van der Waals surface area contributed by atoms with E-state index >= 15 is 0 Å². The molecule has 1 aliphatic rings. The molecule has 17 heavy (non-hydrogen) atoms. The van der Waals surface area contributed by atoms with Gasteiger partial charge in [0.05, 0.1) is 6.67 Å². The fourth-order valence-corrected chi connectivity index (χ4v) is 2.64. The lowest BCUT2D eigenvalue weighted by atomic mass is 9.95. The molecule has 2 atom stereocenters. The molecule has 1 fully saturated rings. The van der Waals surface area contributed by atoms with E-state index in [0.29, 0.717) is 30.3 Å². The Hall–Kier alpha value is -0.150. The largest absolute Gasteiger partial charge is 0.311 e. The van der Waals surface area contributed by atoms with Gasteiger partial charge in [0.1, 0.15) is 0 Å². The third-order valence-corrected chi connectivity index (χ3v) is 3.69. The summed E-state index contributed by atoms with van der Waals surface area (Å²) in [5.41, 5.74) is 0. The molecular weight excluding hydrogens is 215 g/mol. The minimum absolute atomic E-state index is 0.190. The molecule has 102 valence electrons. The maximum atomic E-state index is 12.4. The Morgan fingerprint density at radius 2 is 2.00 bits per heavy atom. The van der Waals surface area contributed by atoms with Crippen LogP contribution in [-0.4, -0.2) is 43.3 Å². The summed E-state index contributed by atoms with van der Waals surface area (Å²) in [7, 11) is 0. The average Bonchev–Trinajstić information content (AvgIpc) is 2.26. The lowest BCUT2D eigenvalue weighted by molar-refractivity contribution is 0.0960. The number of alkyl halides is 1. The highest BCUT2D eigenvalue weighted by atomic mass is 19.1. The first-order chi connectivity index (χ1) is 8.04. The summed E-state index contributed by atoms with van der Waals surface area (Å²) in [5, 5.41) is 3.64. The molecule has 1 aliphatic heterocycles. The van der Waals surface area contributed by atoms with Crippen LogP contribution in [0.15, 0.2) is 0 Å².